The van der Waals surface area contributed by atoms with Crippen LogP contribution >= 0.6 is 0 Å². The van der Waals surface area contributed by atoms with Crippen LogP contribution in [0.5, 0.6) is 0 Å². The van der Waals surface area contributed by atoms with Crippen LogP contribution in [0, 0.1) is 0 Å². The van der Waals surface area contributed by atoms with Crippen molar-refractivity contribution in [1.29, 1.82) is 0 Å². The standard InChI is InChI=1S/C23H36N6/c1-24-23(25-14-4-2-5-17-28-18-6-3-7-19-28)26-16-13-21-9-11-22(12-10-21)29-20-8-15-27-29/h8-12,15,20H,2-7,13-14,16-19H2,1H3,(H2,24,25,26). The van der Waals surface area contributed by atoms with Crippen LogP contribution in [0.15, 0.2) is 47.7 Å². The number of aromatic nitrogens is 2. The lowest BCUT2D eigenvalue weighted by molar-refractivity contribution is 0.224. The number of aliphatic imine (C=N–C) groups is 1. The van der Waals surface area contributed by atoms with Gasteiger partial charge in [-0.2, -0.15) is 5.10 Å². The Bertz CT molecular complexity index is 701. The predicted molar refractivity (Wildman–Crippen MR) is 121 cm³/mol. The molecule has 6 heteroatoms. The minimum Gasteiger partial charge on any atom is -0.356 e. The van der Waals surface area contributed by atoms with E-state index in [1.54, 1.807) is 6.20 Å². The average Bonchev–Trinajstić information content (AvgIpc) is 3.31. The van der Waals surface area contributed by atoms with Gasteiger partial charge in [0.2, 0.25) is 0 Å². The van der Waals surface area contributed by atoms with E-state index in [2.05, 4.69) is 49.9 Å². The van der Waals surface area contributed by atoms with Crippen molar-refractivity contribution in [2.24, 2.45) is 4.99 Å². The smallest absolute Gasteiger partial charge is 0.190 e. The lowest BCUT2D eigenvalue weighted by atomic mass is 10.1. The zero-order valence-electron chi connectivity index (χ0n) is 17.8. The van der Waals surface area contributed by atoms with Gasteiger partial charge in [0.05, 0.1) is 5.69 Å². The van der Waals surface area contributed by atoms with E-state index in [9.17, 15) is 0 Å². The lowest BCUT2D eigenvalue weighted by Crippen LogP contribution is -2.38. The third kappa shape index (κ3) is 7.54. The number of unbranched alkanes of at least 4 members (excludes halogenated alkanes) is 2. The van der Waals surface area contributed by atoms with Crippen molar-refractivity contribution in [3.8, 4) is 5.69 Å². The van der Waals surface area contributed by atoms with Crippen LogP contribution in [-0.2, 0) is 6.42 Å². The topological polar surface area (TPSA) is 57.5 Å². The highest BCUT2D eigenvalue weighted by molar-refractivity contribution is 5.79. The van der Waals surface area contributed by atoms with Crippen LogP contribution in [0.1, 0.15) is 44.1 Å². The highest BCUT2D eigenvalue weighted by Crippen LogP contribution is 2.10. The summed E-state index contributed by atoms with van der Waals surface area (Å²) < 4.78 is 1.88. The van der Waals surface area contributed by atoms with Crippen molar-refractivity contribution in [2.45, 2.75) is 44.9 Å². The van der Waals surface area contributed by atoms with Gasteiger partial charge in [-0.15, -0.1) is 0 Å². The summed E-state index contributed by atoms with van der Waals surface area (Å²) in [6.07, 6.45) is 12.7. The fourth-order valence-corrected chi connectivity index (χ4v) is 3.81. The Hall–Kier alpha value is -2.34. The van der Waals surface area contributed by atoms with Gasteiger partial charge >= 0.3 is 0 Å². The number of benzene rings is 1. The molecule has 6 nitrogen and oxygen atoms in total. The zero-order chi connectivity index (χ0) is 20.2. The van der Waals surface area contributed by atoms with Crippen molar-refractivity contribution in [3.05, 3.63) is 48.3 Å². The van der Waals surface area contributed by atoms with Crippen LogP contribution in [0.2, 0.25) is 0 Å². The third-order valence-electron chi connectivity index (χ3n) is 5.53. The Morgan fingerprint density at radius 1 is 1.00 bits per heavy atom. The number of guanidine groups is 1. The van der Waals surface area contributed by atoms with Gasteiger partial charge in [0, 0.05) is 32.5 Å². The van der Waals surface area contributed by atoms with Gasteiger partial charge in [0.15, 0.2) is 5.96 Å². The first-order chi connectivity index (χ1) is 14.3. The molecule has 1 aliphatic rings. The summed E-state index contributed by atoms with van der Waals surface area (Å²) in [7, 11) is 1.84. The molecule has 2 heterocycles. The first kappa shape index (κ1) is 21.4. The molecular formula is C23H36N6. The SMILES string of the molecule is CN=C(NCCCCCN1CCCCC1)NCCc1ccc(-n2cccn2)cc1. The van der Waals surface area contributed by atoms with Crippen molar-refractivity contribution >= 4 is 5.96 Å². The normalized spacial score (nSPS) is 15.4. The number of nitrogens with zero attached hydrogens (tertiary/aromatic N) is 4. The summed E-state index contributed by atoms with van der Waals surface area (Å²) in [6, 6.07) is 10.5. The second-order valence-electron chi connectivity index (χ2n) is 7.76. The van der Waals surface area contributed by atoms with Gasteiger partial charge in [-0.1, -0.05) is 25.0 Å². The minimum atomic E-state index is 0.871. The van der Waals surface area contributed by atoms with E-state index in [1.807, 2.05) is 24.0 Å². The maximum atomic E-state index is 4.33. The second-order valence-corrected chi connectivity index (χ2v) is 7.76. The molecule has 1 saturated heterocycles. The molecule has 0 amide bonds. The van der Waals surface area contributed by atoms with Gasteiger partial charge in [0.25, 0.3) is 0 Å². The monoisotopic (exact) mass is 396 g/mol. The highest BCUT2D eigenvalue weighted by Gasteiger charge is 2.08. The molecule has 1 fully saturated rings. The Balaban J connectivity index is 1.25. The van der Waals surface area contributed by atoms with E-state index >= 15 is 0 Å². The first-order valence-corrected chi connectivity index (χ1v) is 11.1. The molecule has 1 aromatic heterocycles. The van der Waals surface area contributed by atoms with E-state index in [-0.39, 0.29) is 0 Å². The maximum Gasteiger partial charge on any atom is 0.190 e. The maximum absolute atomic E-state index is 4.33. The highest BCUT2D eigenvalue weighted by atomic mass is 15.3. The lowest BCUT2D eigenvalue weighted by Gasteiger charge is -2.26. The van der Waals surface area contributed by atoms with Gasteiger partial charge < -0.3 is 15.5 Å². The van der Waals surface area contributed by atoms with Gasteiger partial charge in [0.1, 0.15) is 0 Å². The molecule has 1 aromatic carbocycles. The molecule has 0 unspecified atom stereocenters. The number of hydrogen-bond donors (Lipinski definition) is 2. The average molecular weight is 397 g/mol. The van der Waals surface area contributed by atoms with Crippen LogP contribution in [0.4, 0.5) is 0 Å². The largest absolute Gasteiger partial charge is 0.356 e. The molecule has 0 spiro atoms. The minimum absolute atomic E-state index is 0.871. The molecule has 2 aromatic rings. The van der Waals surface area contributed by atoms with E-state index < -0.39 is 0 Å². The summed E-state index contributed by atoms with van der Waals surface area (Å²) in [5, 5.41) is 11.1. The summed E-state index contributed by atoms with van der Waals surface area (Å²) in [5.74, 6) is 0.897. The molecule has 0 atom stereocenters. The molecule has 0 saturated carbocycles. The number of nitrogens with one attached hydrogen (secondary N) is 2. The van der Waals surface area contributed by atoms with E-state index in [0.717, 1.165) is 31.2 Å². The van der Waals surface area contributed by atoms with E-state index in [0.29, 0.717) is 0 Å². The molecule has 0 radical (unpaired) electrons. The Kier molecular flexibility index (Phi) is 9.04. The first-order valence-electron chi connectivity index (χ1n) is 11.1. The van der Waals surface area contributed by atoms with Crippen LogP contribution < -0.4 is 10.6 Å². The van der Waals surface area contributed by atoms with Gasteiger partial charge in [-0.25, -0.2) is 4.68 Å². The Labute approximate surface area is 175 Å². The molecule has 29 heavy (non-hydrogen) atoms. The van der Waals surface area contributed by atoms with Gasteiger partial charge in [-0.05, 0) is 75.5 Å². The molecule has 0 bridgehead atoms. The van der Waals surface area contributed by atoms with Crippen molar-refractivity contribution in [3.63, 3.8) is 0 Å². The molecule has 2 N–H and O–H groups in total. The van der Waals surface area contributed by atoms with Crippen LogP contribution in [0.3, 0.4) is 0 Å². The number of piperidine rings is 1. The summed E-state index contributed by atoms with van der Waals surface area (Å²) in [4.78, 5) is 6.96. The number of rotatable bonds is 10. The molecular weight excluding hydrogens is 360 g/mol. The van der Waals surface area contributed by atoms with Crippen molar-refractivity contribution in [2.75, 3.05) is 39.8 Å². The summed E-state index contributed by atoms with van der Waals surface area (Å²) in [5.41, 5.74) is 2.39. The van der Waals surface area contributed by atoms with E-state index in [1.165, 1.54) is 63.7 Å². The number of likely N-dealkylation sites (tertiary alicyclic amines) is 1. The van der Waals surface area contributed by atoms with E-state index in [4.69, 9.17) is 0 Å². The summed E-state index contributed by atoms with van der Waals surface area (Å²) in [6.45, 7) is 5.74. The van der Waals surface area contributed by atoms with Crippen molar-refractivity contribution in [1.82, 2.24) is 25.3 Å². The van der Waals surface area contributed by atoms with Gasteiger partial charge in [-0.3, -0.25) is 4.99 Å². The Morgan fingerprint density at radius 3 is 2.52 bits per heavy atom. The van der Waals surface area contributed by atoms with Crippen molar-refractivity contribution < 1.29 is 0 Å². The second kappa shape index (κ2) is 12.3. The Morgan fingerprint density at radius 2 is 1.79 bits per heavy atom. The third-order valence-corrected chi connectivity index (χ3v) is 5.53. The molecule has 3 rings (SSSR count). The fourth-order valence-electron chi connectivity index (χ4n) is 3.81. The van der Waals surface area contributed by atoms with Crippen LogP contribution in [0.25, 0.3) is 5.69 Å². The summed E-state index contributed by atoms with van der Waals surface area (Å²) >= 11 is 0. The molecule has 158 valence electrons. The quantitative estimate of drug-likeness (QED) is 0.368. The predicted octanol–water partition coefficient (Wildman–Crippen LogP) is 3.24. The van der Waals surface area contributed by atoms with Crippen LogP contribution in [-0.4, -0.2) is 60.4 Å². The fraction of sp³-hybridized carbons (Fsp3) is 0.565. The number of hydrogen-bond acceptors (Lipinski definition) is 3. The molecule has 1 aliphatic heterocycles. The zero-order valence-corrected chi connectivity index (χ0v) is 17.8. The molecule has 0 aliphatic carbocycles.